The van der Waals surface area contributed by atoms with Crippen LogP contribution in [0.4, 0.5) is 0 Å². The van der Waals surface area contributed by atoms with Crippen LogP contribution in [0, 0.1) is 18.3 Å². The molecule has 0 heterocycles. The van der Waals surface area contributed by atoms with E-state index >= 15 is 0 Å². The third kappa shape index (κ3) is 1.61. The summed E-state index contributed by atoms with van der Waals surface area (Å²) in [6, 6.07) is 3.56. The van der Waals surface area contributed by atoms with E-state index in [0.29, 0.717) is 11.1 Å². The Kier molecular flexibility index (Phi) is 2.87. The van der Waals surface area contributed by atoms with E-state index in [2.05, 4.69) is 0 Å². The molecule has 0 bridgehead atoms. The number of benzene rings is 1. The molecule has 0 radical (unpaired) electrons. The van der Waals surface area contributed by atoms with E-state index in [4.69, 9.17) is 16.9 Å². The Balaban J connectivity index is 3.42. The highest BCUT2D eigenvalue weighted by Gasteiger charge is 2.17. The summed E-state index contributed by atoms with van der Waals surface area (Å²) in [5.41, 5.74) is 0.984. The third-order valence-corrected chi connectivity index (χ3v) is 2.45. The molecule has 2 N–H and O–H groups in total. The largest absolute Gasteiger partial charge is 0.506 e. The minimum absolute atomic E-state index is 0.0953. The van der Waals surface area contributed by atoms with E-state index in [1.165, 1.54) is 0 Å². The molecule has 4 heteroatoms. The topological polar surface area (TPSA) is 64.2 Å². The number of halogens is 1. The highest BCUT2D eigenvalue weighted by molar-refractivity contribution is 6.33. The maximum atomic E-state index is 9.56. The Hall–Kier alpha value is -1.40. The minimum Gasteiger partial charge on any atom is -0.506 e. The Bertz CT molecular complexity index is 410. The highest BCUT2D eigenvalue weighted by Crippen LogP contribution is 2.40. The number of phenolic OH excluding ortho intramolecular Hbond substituents is 2. The summed E-state index contributed by atoms with van der Waals surface area (Å²) in [6.45, 7) is 3.32. The van der Waals surface area contributed by atoms with Crippen molar-refractivity contribution in [1.29, 1.82) is 5.26 Å². The fourth-order valence-electron chi connectivity index (χ4n) is 1.18. The maximum Gasteiger partial charge on any atom is 0.142 e. The molecule has 3 nitrogen and oxygen atoms in total. The molecule has 0 saturated heterocycles. The van der Waals surface area contributed by atoms with Crippen molar-refractivity contribution in [2.75, 3.05) is 0 Å². The van der Waals surface area contributed by atoms with Gasteiger partial charge in [-0.2, -0.15) is 5.26 Å². The van der Waals surface area contributed by atoms with Gasteiger partial charge < -0.3 is 10.2 Å². The second-order valence-corrected chi connectivity index (χ2v) is 3.52. The molecular formula is C10H10ClNO2. The van der Waals surface area contributed by atoms with E-state index in [1.54, 1.807) is 19.9 Å². The van der Waals surface area contributed by atoms with Gasteiger partial charge in [0.15, 0.2) is 0 Å². The monoisotopic (exact) mass is 211 g/mol. The molecule has 74 valence electrons. The van der Waals surface area contributed by atoms with Gasteiger partial charge in [0.2, 0.25) is 0 Å². The first kappa shape index (κ1) is 10.7. The van der Waals surface area contributed by atoms with Crippen LogP contribution in [0.3, 0.4) is 0 Å². The molecule has 0 aliphatic heterocycles. The van der Waals surface area contributed by atoms with E-state index in [9.17, 15) is 10.2 Å². The van der Waals surface area contributed by atoms with Crippen molar-refractivity contribution in [3.8, 4) is 17.6 Å². The van der Waals surface area contributed by atoms with Crippen LogP contribution >= 0.6 is 11.6 Å². The number of hydrogen-bond donors (Lipinski definition) is 2. The maximum absolute atomic E-state index is 9.56. The molecule has 1 rings (SSSR count). The third-order valence-electron chi connectivity index (χ3n) is 2.09. The number of rotatable bonds is 1. The number of hydrogen-bond acceptors (Lipinski definition) is 3. The van der Waals surface area contributed by atoms with Crippen molar-refractivity contribution >= 4 is 11.6 Å². The van der Waals surface area contributed by atoms with Gasteiger partial charge in [0.05, 0.1) is 12.0 Å². The molecule has 0 fully saturated rings. The van der Waals surface area contributed by atoms with Gasteiger partial charge in [-0.1, -0.05) is 11.6 Å². The first-order chi connectivity index (χ1) is 6.49. The second-order valence-electron chi connectivity index (χ2n) is 3.14. The second kappa shape index (κ2) is 3.77. The van der Waals surface area contributed by atoms with Crippen molar-refractivity contribution in [3.05, 3.63) is 22.2 Å². The minimum atomic E-state index is -0.452. The molecule has 0 spiro atoms. The van der Waals surface area contributed by atoms with E-state index in [-0.39, 0.29) is 16.5 Å². The molecule has 0 amide bonds. The quantitative estimate of drug-likeness (QED) is 0.751. The van der Waals surface area contributed by atoms with Gasteiger partial charge >= 0.3 is 0 Å². The number of nitriles is 1. The zero-order chi connectivity index (χ0) is 10.9. The first-order valence-electron chi connectivity index (χ1n) is 4.09. The van der Waals surface area contributed by atoms with Gasteiger partial charge in [0.25, 0.3) is 0 Å². The van der Waals surface area contributed by atoms with Gasteiger partial charge in [-0.25, -0.2) is 0 Å². The number of phenols is 2. The lowest BCUT2D eigenvalue weighted by atomic mass is 9.99. The van der Waals surface area contributed by atoms with Crippen LogP contribution in [0.2, 0.25) is 5.02 Å². The molecule has 1 aromatic carbocycles. The summed E-state index contributed by atoms with van der Waals surface area (Å²) in [7, 11) is 0. The lowest BCUT2D eigenvalue weighted by molar-refractivity contribution is 0.443. The van der Waals surface area contributed by atoms with E-state index in [0.717, 1.165) is 0 Å². The molecule has 1 aromatic rings. The predicted molar refractivity (Wildman–Crippen MR) is 53.5 cm³/mol. The SMILES string of the molecule is Cc1cc(C(C)C#N)c(O)c(Cl)c1O. The van der Waals surface area contributed by atoms with Crippen molar-refractivity contribution in [1.82, 2.24) is 0 Å². The van der Waals surface area contributed by atoms with Crippen molar-refractivity contribution in [3.63, 3.8) is 0 Å². The van der Waals surface area contributed by atoms with Gasteiger partial charge in [-0.3, -0.25) is 0 Å². The smallest absolute Gasteiger partial charge is 0.142 e. The summed E-state index contributed by atoms with van der Waals surface area (Å²) in [5, 5.41) is 27.6. The Morgan fingerprint density at radius 2 is 2.00 bits per heavy atom. The molecule has 0 aliphatic carbocycles. The van der Waals surface area contributed by atoms with Gasteiger partial charge in [-0.05, 0) is 25.5 Å². The first-order valence-corrected chi connectivity index (χ1v) is 4.47. The van der Waals surface area contributed by atoms with Crippen molar-refractivity contribution < 1.29 is 10.2 Å². The van der Waals surface area contributed by atoms with Crippen LogP contribution in [0.25, 0.3) is 0 Å². The molecular weight excluding hydrogens is 202 g/mol. The van der Waals surface area contributed by atoms with Gasteiger partial charge in [0, 0.05) is 5.56 Å². The van der Waals surface area contributed by atoms with Crippen molar-refractivity contribution in [2.24, 2.45) is 0 Å². The van der Waals surface area contributed by atoms with Gasteiger partial charge in [-0.15, -0.1) is 0 Å². The van der Waals surface area contributed by atoms with Crippen LogP contribution in [-0.4, -0.2) is 10.2 Å². The van der Waals surface area contributed by atoms with E-state index in [1.807, 2.05) is 6.07 Å². The van der Waals surface area contributed by atoms with Gasteiger partial charge in [0.1, 0.15) is 16.5 Å². The molecule has 14 heavy (non-hydrogen) atoms. The predicted octanol–water partition coefficient (Wildman–Crippen LogP) is 2.69. The Labute approximate surface area is 87.2 Å². The number of aryl methyl sites for hydroxylation is 1. The number of nitrogens with zero attached hydrogens (tertiary/aromatic N) is 1. The molecule has 0 aliphatic rings. The van der Waals surface area contributed by atoms with E-state index < -0.39 is 5.92 Å². The summed E-state index contributed by atoms with van der Waals surface area (Å²) in [5.74, 6) is -0.811. The average Bonchev–Trinajstić information content (AvgIpc) is 2.19. The zero-order valence-electron chi connectivity index (χ0n) is 7.87. The summed E-state index contributed by atoms with van der Waals surface area (Å²) >= 11 is 5.68. The van der Waals surface area contributed by atoms with Crippen molar-refractivity contribution in [2.45, 2.75) is 19.8 Å². The Morgan fingerprint density at radius 3 is 2.50 bits per heavy atom. The standard InChI is InChI=1S/C10H10ClNO2/c1-5-3-7(6(2)4-12)10(14)8(11)9(5)13/h3,6,13-14H,1-2H3. The number of aromatic hydroxyl groups is 2. The fraction of sp³-hybridized carbons (Fsp3) is 0.300. The molecule has 0 aromatic heterocycles. The Morgan fingerprint density at radius 1 is 1.43 bits per heavy atom. The molecule has 1 unspecified atom stereocenters. The summed E-state index contributed by atoms with van der Waals surface area (Å²) < 4.78 is 0. The zero-order valence-corrected chi connectivity index (χ0v) is 8.63. The lowest BCUT2D eigenvalue weighted by Gasteiger charge is -2.11. The van der Waals surface area contributed by atoms with Crippen LogP contribution in [0.15, 0.2) is 6.07 Å². The van der Waals surface area contributed by atoms with Crippen LogP contribution in [-0.2, 0) is 0 Å². The fourth-order valence-corrected chi connectivity index (χ4v) is 1.44. The highest BCUT2D eigenvalue weighted by atomic mass is 35.5. The van der Waals surface area contributed by atoms with Crippen LogP contribution < -0.4 is 0 Å². The molecule has 0 saturated carbocycles. The summed E-state index contributed by atoms with van der Waals surface area (Å²) in [6.07, 6.45) is 0. The normalized spacial score (nSPS) is 12.1. The lowest BCUT2D eigenvalue weighted by Crippen LogP contribution is -1.92. The van der Waals surface area contributed by atoms with Crippen LogP contribution in [0.5, 0.6) is 11.5 Å². The van der Waals surface area contributed by atoms with Crippen LogP contribution in [0.1, 0.15) is 24.0 Å². The summed E-state index contributed by atoms with van der Waals surface area (Å²) in [4.78, 5) is 0. The average molecular weight is 212 g/mol. The molecule has 1 atom stereocenters.